The molecule has 0 N–H and O–H groups in total. The third kappa shape index (κ3) is 2.90. The molecule has 6 heteroatoms. The highest BCUT2D eigenvalue weighted by atomic mass is 16.6. The van der Waals surface area contributed by atoms with Gasteiger partial charge < -0.3 is 14.0 Å². The first kappa shape index (κ1) is 13.1. The van der Waals surface area contributed by atoms with Gasteiger partial charge in [-0.05, 0) is 24.1 Å². The van der Waals surface area contributed by atoms with Crippen molar-refractivity contribution in [3.8, 4) is 5.75 Å². The van der Waals surface area contributed by atoms with Crippen LogP contribution in [0.2, 0.25) is 0 Å². The van der Waals surface area contributed by atoms with Gasteiger partial charge >= 0.3 is 11.9 Å². The largest absolute Gasteiger partial charge is 0.496 e. The van der Waals surface area contributed by atoms with E-state index in [0.29, 0.717) is 12.2 Å². The minimum Gasteiger partial charge on any atom is -0.496 e. The van der Waals surface area contributed by atoms with Crippen LogP contribution >= 0.6 is 0 Å². The van der Waals surface area contributed by atoms with Crippen LogP contribution in [-0.2, 0) is 11.2 Å². The molecule has 2 rings (SSSR count). The summed E-state index contributed by atoms with van der Waals surface area (Å²) in [6.07, 6.45) is 0.455. The summed E-state index contributed by atoms with van der Waals surface area (Å²) in [6.45, 7) is 1.96. The van der Waals surface area contributed by atoms with E-state index in [1.807, 2.05) is 25.1 Å². The molecule has 1 aromatic heterocycles. The summed E-state index contributed by atoms with van der Waals surface area (Å²) in [5.74, 6) is 0.442. The minimum absolute atomic E-state index is 0.142. The number of methoxy groups -OCH3 is 2. The molecule has 19 heavy (non-hydrogen) atoms. The van der Waals surface area contributed by atoms with Gasteiger partial charge in [0.1, 0.15) is 5.75 Å². The van der Waals surface area contributed by atoms with Gasteiger partial charge in [0.05, 0.1) is 14.2 Å². The molecule has 100 valence electrons. The zero-order chi connectivity index (χ0) is 13.8. The maximum absolute atomic E-state index is 11.2. The van der Waals surface area contributed by atoms with Crippen molar-refractivity contribution < 1.29 is 18.8 Å². The van der Waals surface area contributed by atoms with Gasteiger partial charge in [-0.3, -0.25) is 0 Å². The van der Waals surface area contributed by atoms with Gasteiger partial charge in [0, 0.05) is 6.42 Å². The van der Waals surface area contributed by atoms with E-state index in [2.05, 4.69) is 14.9 Å². The fourth-order valence-corrected chi connectivity index (χ4v) is 1.65. The van der Waals surface area contributed by atoms with Crippen molar-refractivity contribution in [3.05, 3.63) is 41.0 Å². The third-order valence-electron chi connectivity index (χ3n) is 2.66. The molecule has 0 saturated heterocycles. The third-order valence-corrected chi connectivity index (χ3v) is 2.66. The smallest absolute Gasteiger partial charge is 0.397 e. The Morgan fingerprint density at radius 1 is 1.37 bits per heavy atom. The molecule has 0 amide bonds. The fraction of sp³-hybridized carbons (Fsp3) is 0.308. The van der Waals surface area contributed by atoms with Crippen LogP contribution in [0.3, 0.4) is 0 Å². The van der Waals surface area contributed by atoms with Crippen LogP contribution in [-0.4, -0.2) is 30.3 Å². The van der Waals surface area contributed by atoms with Crippen LogP contribution in [0.4, 0.5) is 0 Å². The standard InChI is InChI=1S/C13H14N2O4/c1-8-4-5-9(6-10(8)17-2)7-11-14-12(19-15-11)13(16)18-3/h4-6H,7H2,1-3H3. The number of aryl methyl sites for hydroxylation is 1. The van der Waals surface area contributed by atoms with Crippen LogP contribution < -0.4 is 4.74 Å². The summed E-state index contributed by atoms with van der Waals surface area (Å²) in [4.78, 5) is 15.1. The van der Waals surface area contributed by atoms with Crippen LogP contribution in [0.15, 0.2) is 22.7 Å². The molecule has 1 aromatic carbocycles. The summed E-state index contributed by atoms with van der Waals surface area (Å²) in [5.41, 5.74) is 2.02. The Morgan fingerprint density at radius 3 is 2.84 bits per heavy atom. The molecule has 0 unspecified atom stereocenters. The van der Waals surface area contributed by atoms with Gasteiger partial charge in [-0.2, -0.15) is 4.98 Å². The Hall–Kier alpha value is -2.37. The number of hydrogen-bond donors (Lipinski definition) is 0. The second-order valence-corrected chi connectivity index (χ2v) is 3.99. The van der Waals surface area contributed by atoms with E-state index in [0.717, 1.165) is 16.9 Å². The highest BCUT2D eigenvalue weighted by molar-refractivity contribution is 5.83. The Morgan fingerprint density at radius 2 is 2.16 bits per heavy atom. The van der Waals surface area contributed by atoms with Gasteiger partial charge in [0.15, 0.2) is 5.82 Å². The molecule has 0 atom stereocenters. The molecule has 0 radical (unpaired) electrons. The number of nitrogens with zero attached hydrogens (tertiary/aromatic N) is 2. The molecule has 0 saturated carbocycles. The van der Waals surface area contributed by atoms with Crippen LogP contribution in [0.5, 0.6) is 5.75 Å². The van der Waals surface area contributed by atoms with Crippen molar-refractivity contribution >= 4 is 5.97 Å². The van der Waals surface area contributed by atoms with Gasteiger partial charge in [-0.1, -0.05) is 17.3 Å². The molecule has 1 heterocycles. The van der Waals surface area contributed by atoms with E-state index in [1.165, 1.54) is 7.11 Å². The normalized spacial score (nSPS) is 10.3. The van der Waals surface area contributed by atoms with E-state index >= 15 is 0 Å². The van der Waals surface area contributed by atoms with Gasteiger partial charge in [-0.15, -0.1) is 0 Å². The fourth-order valence-electron chi connectivity index (χ4n) is 1.65. The number of aromatic nitrogens is 2. The topological polar surface area (TPSA) is 74.5 Å². The summed E-state index contributed by atoms with van der Waals surface area (Å²) < 4.78 is 14.5. The maximum Gasteiger partial charge on any atom is 0.397 e. The molecule has 0 aliphatic rings. The average Bonchev–Trinajstić information content (AvgIpc) is 2.88. The number of benzene rings is 1. The summed E-state index contributed by atoms with van der Waals surface area (Å²) in [7, 11) is 2.88. The Labute approximate surface area is 110 Å². The van der Waals surface area contributed by atoms with Crippen LogP contribution in [0.25, 0.3) is 0 Å². The minimum atomic E-state index is -0.639. The van der Waals surface area contributed by atoms with Crippen LogP contribution in [0.1, 0.15) is 27.6 Å². The number of carbonyl (C=O) groups excluding carboxylic acids is 1. The van der Waals surface area contributed by atoms with Crippen LogP contribution in [0, 0.1) is 6.92 Å². The second kappa shape index (κ2) is 5.51. The second-order valence-electron chi connectivity index (χ2n) is 3.99. The van der Waals surface area contributed by atoms with Gasteiger partial charge in [0.25, 0.3) is 0 Å². The number of carbonyl (C=O) groups is 1. The van der Waals surface area contributed by atoms with Gasteiger partial charge in [0.2, 0.25) is 0 Å². The van der Waals surface area contributed by atoms with E-state index in [1.54, 1.807) is 7.11 Å². The van der Waals surface area contributed by atoms with Crippen molar-refractivity contribution in [2.75, 3.05) is 14.2 Å². The number of hydrogen-bond acceptors (Lipinski definition) is 6. The lowest BCUT2D eigenvalue weighted by molar-refractivity contribution is 0.0545. The predicted molar refractivity (Wildman–Crippen MR) is 66.2 cm³/mol. The Bertz CT molecular complexity index is 592. The lowest BCUT2D eigenvalue weighted by atomic mass is 10.1. The van der Waals surface area contributed by atoms with Crippen molar-refractivity contribution in [2.24, 2.45) is 0 Å². The molecule has 0 aliphatic heterocycles. The first-order valence-electron chi connectivity index (χ1n) is 5.68. The monoisotopic (exact) mass is 262 g/mol. The molecule has 6 nitrogen and oxygen atoms in total. The summed E-state index contributed by atoms with van der Waals surface area (Å²) in [5, 5.41) is 3.73. The molecular formula is C13H14N2O4. The number of ether oxygens (including phenoxy) is 2. The zero-order valence-electron chi connectivity index (χ0n) is 11.0. The first-order chi connectivity index (χ1) is 9.13. The molecule has 0 bridgehead atoms. The van der Waals surface area contributed by atoms with Crippen molar-refractivity contribution in [3.63, 3.8) is 0 Å². The molecule has 0 fully saturated rings. The molecule has 0 spiro atoms. The highest BCUT2D eigenvalue weighted by Crippen LogP contribution is 2.20. The van der Waals surface area contributed by atoms with E-state index in [-0.39, 0.29) is 5.89 Å². The molecular weight excluding hydrogens is 248 g/mol. The quantitative estimate of drug-likeness (QED) is 0.782. The predicted octanol–water partition coefficient (Wildman–Crippen LogP) is 1.76. The van der Waals surface area contributed by atoms with E-state index < -0.39 is 5.97 Å². The summed E-state index contributed by atoms with van der Waals surface area (Å²) in [6, 6.07) is 5.81. The summed E-state index contributed by atoms with van der Waals surface area (Å²) >= 11 is 0. The molecule has 2 aromatic rings. The maximum atomic E-state index is 11.2. The lowest BCUT2D eigenvalue weighted by Gasteiger charge is -2.05. The number of rotatable bonds is 4. The lowest BCUT2D eigenvalue weighted by Crippen LogP contribution is -2.01. The first-order valence-corrected chi connectivity index (χ1v) is 5.68. The van der Waals surface area contributed by atoms with Gasteiger partial charge in [-0.25, -0.2) is 4.79 Å². The Balaban J connectivity index is 2.17. The average molecular weight is 262 g/mol. The van der Waals surface area contributed by atoms with Crippen molar-refractivity contribution in [1.82, 2.24) is 10.1 Å². The van der Waals surface area contributed by atoms with Crippen molar-refractivity contribution in [2.45, 2.75) is 13.3 Å². The zero-order valence-corrected chi connectivity index (χ0v) is 11.0. The van der Waals surface area contributed by atoms with E-state index in [9.17, 15) is 4.79 Å². The van der Waals surface area contributed by atoms with E-state index in [4.69, 9.17) is 9.26 Å². The van der Waals surface area contributed by atoms with Crippen molar-refractivity contribution in [1.29, 1.82) is 0 Å². The SMILES string of the molecule is COC(=O)c1nc(Cc2ccc(C)c(OC)c2)no1. The molecule has 0 aliphatic carbocycles. The Kier molecular flexibility index (Phi) is 3.79. The number of esters is 1. The highest BCUT2D eigenvalue weighted by Gasteiger charge is 2.15.